The Hall–Kier alpha value is -2.60. The van der Waals surface area contributed by atoms with Gasteiger partial charge in [0.15, 0.2) is 0 Å². The number of halogens is 3. The molecule has 2 unspecified atom stereocenters. The van der Waals surface area contributed by atoms with Gasteiger partial charge in [-0.2, -0.15) is 5.10 Å². The number of hydrogen-bond donors (Lipinski definition) is 0. The van der Waals surface area contributed by atoms with Crippen LogP contribution in [0.5, 0.6) is 0 Å². The fourth-order valence-electron chi connectivity index (χ4n) is 4.56. The van der Waals surface area contributed by atoms with Crippen molar-refractivity contribution in [2.24, 2.45) is 0 Å². The summed E-state index contributed by atoms with van der Waals surface area (Å²) in [5.74, 6) is -1.22. The topological polar surface area (TPSA) is 21.1 Å². The highest BCUT2D eigenvalue weighted by Gasteiger charge is 2.39. The third kappa shape index (κ3) is 4.26. The van der Waals surface area contributed by atoms with E-state index in [1.807, 2.05) is 48.0 Å². The van der Waals surface area contributed by atoms with Gasteiger partial charge in [0.2, 0.25) is 0 Å². The number of hydrogen-bond acceptors (Lipinski definition) is 2. The van der Waals surface area contributed by atoms with Crippen molar-refractivity contribution < 1.29 is 13.2 Å². The van der Waals surface area contributed by atoms with Crippen LogP contribution in [0.15, 0.2) is 48.8 Å². The highest BCUT2D eigenvalue weighted by Crippen LogP contribution is 2.42. The first-order valence-electron chi connectivity index (χ1n) is 10.7. The van der Waals surface area contributed by atoms with Crippen molar-refractivity contribution in [2.45, 2.75) is 58.4 Å². The molecule has 2 aromatic carbocycles. The molecule has 0 spiro atoms. The summed E-state index contributed by atoms with van der Waals surface area (Å²) in [7, 11) is 0. The maximum absolute atomic E-state index is 14.9. The quantitative estimate of drug-likeness (QED) is 0.503. The predicted octanol–water partition coefficient (Wildman–Crippen LogP) is 5.93. The van der Waals surface area contributed by atoms with Gasteiger partial charge in [-0.3, -0.25) is 9.58 Å². The fourth-order valence-corrected chi connectivity index (χ4v) is 4.56. The predicted molar refractivity (Wildman–Crippen MR) is 117 cm³/mol. The normalized spacial score (nSPS) is 19.5. The molecule has 1 aliphatic rings. The molecule has 3 nitrogen and oxygen atoms in total. The minimum atomic E-state index is -1.50. The average molecular weight is 428 g/mol. The lowest BCUT2D eigenvalue weighted by molar-refractivity contribution is 0.0653. The third-order valence-electron chi connectivity index (χ3n) is 5.97. The van der Waals surface area contributed by atoms with Crippen LogP contribution >= 0.6 is 0 Å². The van der Waals surface area contributed by atoms with Crippen LogP contribution in [0.4, 0.5) is 13.2 Å². The van der Waals surface area contributed by atoms with Crippen LogP contribution in [0.3, 0.4) is 0 Å². The molecular formula is C25H28F3N3. The zero-order valence-corrected chi connectivity index (χ0v) is 18.4. The number of aromatic nitrogens is 2. The summed E-state index contributed by atoms with van der Waals surface area (Å²) in [5, 5.41) is 4.34. The van der Waals surface area contributed by atoms with E-state index in [2.05, 4.69) is 11.2 Å². The molecule has 4 rings (SSSR count). The van der Waals surface area contributed by atoms with Gasteiger partial charge in [0.1, 0.15) is 17.3 Å². The van der Waals surface area contributed by atoms with Gasteiger partial charge in [0, 0.05) is 36.5 Å². The van der Waals surface area contributed by atoms with Gasteiger partial charge in [-0.05, 0) is 62.9 Å². The van der Waals surface area contributed by atoms with Crippen LogP contribution in [0.2, 0.25) is 0 Å². The monoisotopic (exact) mass is 427 g/mol. The van der Waals surface area contributed by atoms with Crippen molar-refractivity contribution in [3.8, 4) is 11.1 Å². The molecule has 6 heteroatoms. The molecule has 2 atom stereocenters. The first kappa shape index (κ1) is 21.6. The van der Waals surface area contributed by atoms with E-state index in [0.29, 0.717) is 6.42 Å². The fraction of sp³-hybridized carbons (Fsp3) is 0.400. The molecule has 0 fully saturated rings. The minimum absolute atomic E-state index is 0.0221. The van der Waals surface area contributed by atoms with E-state index < -0.39 is 23.3 Å². The van der Waals surface area contributed by atoms with E-state index in [1.165, 1.54) is 32.0 Å². The van der Waals surface area contributed by atoms with Crippen LogP contribution in [0.25, 0.3) is 11.1 Å². The van der Waals surface area contributed by atoms with Gasteiger partial charge < -0.3 is 0 Å². The molecule has 0 N–H and O–H groups in total. The zero-order valence-electron chi connectivity index (χ0n) is 18.4. The Morgan fingerprint density at radius 2 is 1.81 bits per heavy atom. The highest BCUT2D eigenvalue weighted by molar-refractivity contribution is 5.64. The lowest BCUT2D eigenvalue weighted by Gasteiger charge is -2.44. The third-order valence-corrected chi connectivity index (χ3v) is 5.97. The van der Waals surface area contributed by atoms with Crippen LogP contribution in [-0.4, -0.2) is 32.9 Å². The second-order valence-corrected chi connectivity index (χ2v) is 8.98. The van der Waals surface area contributed by atoms with E-state index in [9.17, 15) is 13.2 Å². The summed E-state index contributed by atoms with van der Waals surface area (Å²) < 4.78 is 46.3. The molecule has 2 heterocycles. The van der Waals surface area contributed by atoms with Gasteiger partial charge in [-0.1, -0.05) is 24.3 Å². The summed E-state index contributed by atoms with van der Waals surface area (Å²) in [5.41, 5.74) is 2.33. The van der Waals surface area contributed by atoms with Crippen molar-refractivity contribution in [2.75, 3.05) is 6.54 Å². The van der Waals surface area contributed by atoms with E-state index in [1.54, 1.807) is 0 Å². The van der Waals surface area contributed by atoms with E-state index in [-0.39, 0.29) is 18.2 Å². The Morgan fingerprint density at radius 3 is 2.42 bits per heavy atom. The lowest BCUT2D eigenvalue weighted by Crippen LogP contribution is -2.48. The average Bonchev–Trinajstić information content (AvgIpc) is 3.18. The van der Waals surface area contributed by atoms with Crippen LogP contribution in [0.1, 0.15) is 50.4 Å². The Balaban J connectivity index is 1.85. The molecule has 1 aliphatic heterocycles. The molecule has 0 saturated heterocycles. The molecule has 3 aromatic rings. The number of benzene rings is 2. The number of rotatable bonds is 5. The summed E-state index contributed by atoms with van der Waals surface area (Å²) in [6, 6.07) is 9.08. The summed E-state index contributed by atoms with van der Waals surface area (Å²) in [4.78, 5) is 1.89. The standard InChI is InChI=1S/C25H28F3N3/c1-5-30-14-19(13-29-30)17-9-10-20-18(12-17)11-16(2)31(15-25(3,4)28)24(20)23-21(26)7-6-8-22(23)27/h6-10,12-14,16,24H,5,11,15H2,1-4H3. The van der Waals surface area contributed by atoms with Crippen LogP contribution in [0, 0.1) is 11.6 Å². The zero-order chi connectivity index (χ0) is 22.3. The first-order valence-corrected chi connectivity index (χ1v) is 10.7. The van der Waals surface area contributed by atoms with Crippen LogP contribution < -0.4 is 0 Å². The Bertz CT molecular complexity index is 1060. The highest BCUT2D eigenvalue weighted by atomic mass is 19.1. The Morgan fingerprint density at radius 1 is 1.10 bits per heavy atom. The molecule has 31 heavy (non-hydrogen) atoms. The second kappa shape index (κ2) is 8.15. The summed E-state index contributed by atoms with van der Waals surface area (Å²) >= 11 is 0. The molecule has 0 amide bonds. The van der Waals surface area contributed by atoms with Gasteiger partial charge in [0.05, 0.1) is 12.2 Å². The summed E-state index contributed by atoms with van der Waals surface area (Å²) in [6.07, 6.45) is 4.48. The molecular weight excluding hydrogens is 399 g/mol. The maximum Gasteiger partial charge on any atom is 0.131 e. The molecule has 0 aliphatic carbocycles. The van der Waals surface area contributed by atoms with Crippen LogP contribution in [-0.2, 0) is 13.0 Å². The molecule has 1 aromatic heterocycles. The van der Waals surface area contributed by atoms with Crippen molar-refractivity contribution in [3.05, 3.63) is 77.1 Å². The van der Waals surface area contributed by atoms with E-state index in [0.717, 1.165) is 28.8 Å². The first-order chi connectivity index (χ1) is 14.7. The van der Waals surface area contributed by atoms with E-state index >= 15 is 0 Å². The summed E-state index contributed by atoms with van der Waals surface area (Å²) in [6.45, 7) is 7.88. The lowest BCUT2D eigenvalue weighted by atomic mass is 9.82. The van der Waals surface area contributed by atoms with Crippen molar-refractivity contribution >= 4 is 0 Å². The molecule has 0 bridgehead atoms. The van der Waals surface area contributed by atoms with Gasteiger partial charge in [-0.15, -0.1) is 0 Å². The van der Waals surface area contributed by atoms with Crippen molar-refractivity contribution in [1.29, 1.82) is 0 Å². The van der Waals surface area contributed by atoms with Gasteiger partial charge in [-0.25, -0.2) is 13.2 Å². The minimum Gasteiger partial charge on any atom is -0.286 e. The Labute approximate surface area is 181 Å². The number of fused-ring (bicyclic) bond motifs is 1. The van der Waals surface area contributed by atoms with Crippen molar-refractivity contribution in [1.82, 2.24) is 14.7 Å². The number of nitrogens with zero attached hydrogens (tertiary/aromatic N) is 3. The Kier molecular flexibility index (Phi) is 5.69. The SMILES string of the molecule is CCn1cc(-c2ccc3c(c2)CC(C)N(CC(C)(C)F)C3c2c(F)cccc2F)cn1. The van der Waals surface area contributed by atoms with Gasteiger partial charge >= 0.3 is 0 Å². The van der Waals surface area contributed by atoms with Gasteiger partial charge in [0.25, 0.3) is 0 Å². The second-order valence-electron chi connectivity index (χ2n) is 8.98. The molecule has 164 valence electrons. The molecule has 0 radical (unpaired) electrons. The smallest absolute Gasteiger partial charge is 0.131 e. The largest absolute Gasteiger partial charge is 0.286 e. The number of alkyl halides is 1. The van der Waals surface area contributed by atoms with Crippen molar-refractivity contribution in [3.63, 3.8) is 0 Å². The van der Waals surface area contributed by atoms with E-state index in [4.69, 9.17) is 0 Å². The maximum atomic E-state index is 14.9. The number of aryl methyl sites for hydroxylation is 1. The molecule has 0 saturated carbocycles.